The van der Waals surface area contributed by atoms with Crippen molar-refractivity contribution >= 4 is 5.96 Å². The largest absolute Gasteiger partial charge is 0.493 e. The first-order valence-electron chi connectivity index (χ1n) is 8.43. The van der Waals surface area contributed by atoms with Gasteiger partial charge in [0.25, 0.3) is 0 Å². The molecule has 0 atom stereocenters. The lowest BCUT2D eigenvalue weighted by Crippen LogP contribution is -2.36. The summed E-state index contributed by atoms with van der Waals surface area (Å²) >= 11 is 0. The zero-order valence-corrected chi connectivity index (χ0v) is 15.5. The van der Waals surface area contributed by atoms with Crippen LogP contribution < -0.4 is 14.8 Å². The fourth-order valence-corrected chi connectivity index (χ4v) is 2.38. The first-order chi connectivity index (χ1) is 12.1. The Balaban J connectivity index is 2.05. The number of guanidine groups is 1. The number of benzene rings is 2. The number of aliphatic imine (C=N–C) groups is 1. The van der Waals surface area contributed by atoms with Gasteiger partial charge in [0.2, 0.25) is 0 Å². The summed E-state index contributed by atoms with van der Waals surface area (Å²) in [6, 6.07) is 16.2. The highest BCUT2D eigenvalue weighted by atomic mass is 16.5. The number of methoxy groups -OCH3 is 1. The van der Waals surface area contributed by atoms with Crippen molar-refractivity contribution in [3.63, 3.8) is 0 Å². The molecule has 0 unspecified atom stereocenters. The zero-order chi connectivity index (χ0) is 18.1. The predicted octanol–water partition coefficient (Wildman–Crippen LogP) is 3.30. The smallest absolute Gasteiger partial charge is 0.194 e. The van der Waals surface area contributed by atoms with Crippen molar-refractivity contribution in [1.29, 1.82) is 0 Å². The highest BCUT2D eigenvalue weighted by Crippen LogP contribution is 2.28. The maximum absolute atomic E-state index is 5.55. The molecule has 0 aliphatic carbocycles. The SMILES string of the molecule is CCOc1ccc(CN=C(NCc2ccccc2)N(C)C)cc1OC. The average Bonchev–Trinajstić information content (AvgIpc) is 2.63. The van der Waals surface area contributed by atoms with Gasteiger partial charge in [-0.1, -0.05) is 36.4 Å². The van der Waals surface area contributed by atoms with E-state index in [2.05, 4.69) is 17.4 Å². The Bertz CT molecular complexity index is 685. The van der Waals surface area contributed by atoms with Crippen LogP contribution in [0.15, 0.2) is 53.5 Å². The van der Waals surface area contributed by atoms with Crippen molar-refractivity contribution in [3.8, 4) is 11.5 Å². The molecule has 5 heteroatoms. The molecule has 2 aromatic rings. The summed E-state index contributed by atoms with van der Waals surface area (Å²) in [4.78, 5) is 6.68. The minimum absolute atomic E-state index is 0.568. The van der Waals surface area contributed by atoms with E-state index in [0.717, 1.165) is 29.6 Å². The van der Waals surface area contributed by atoms with E-state index in [0.29, 0.717) is 13.2 Å². The lowest BCUT2D eigenvalue weighted by molar-refractivity contribution is 0.310. The second kappa shape index (κ2) is 9.57. The van der Waals surface area contributed by atoms with E-state index in [9.17, 15) is 0 Å². The summed E-state index contributed by atoms with van der Waals surface area (Å²) in [6.45, 7) is 3.88. The van der Waals surface area contributed by atoms with Crippen molar-refractivity contribution in [2.24, 2.45) is 4.99 Å². The molecule has 5 nitrogen and oxygen atoms in total. The Kier molecular flexibility index (Phi) is 7.14. The molecule has 2 aromatic carbocycles. The summed E-state index contributed by atoms with van der Waals surface area (Å²) in [5.74, 6) is 2.34. The van der Waals surface area contributed by atoms with Crippen LogP contribution in [0.3, 0.4) is 0 Å². The van der Waals surface area contributed by atoms with E-state index in [1.165, 1.54) is 5.56 Å². The lowest BCUT2D eigenvalue weighted by Gasteiger charge is -2.18. The fraction of sp³-hybridized carbons (Fsp3) is 0.350. The molecular formula is C20H27N3O2. The van der Waals surface area contributed by atoms with Crippen LogP contribution in [0.25, 0.3) is 0 Å². The molecule has 0 amide bonds. The highest BCUT2D eigenvalue weighted by Gasteiger charge is 2.06. The van der Waals surface area contributed by atoms with Gasteiger partial charge < -0.3 is 19.7 Å². The molecule has 0 spiro atoms. The standard InChI is InChI=1S/C20H27N3O2/c1-5-25-18-12-11-17(13-19(18)24-4)15-22-20(23(2)3)21-14-16-9-7-6-8-10-16/h6-13H,5,14-15H2,1-4H3,(H,21,22). The molecule has 0 bridgehead atoms. The molecular weight excluding hydrogens is 314 g/mol. The van der Waals surface area contributed by atoms with Gasteiger partial charge in [-0.05, 0) is 30.2 Å². The number of rotatable bonds is 7. The predicted molar refractivity (Wildman–Crippen MR) is 102 cm³/mol. The lowest BCUT2D eigenvalue weighted by atomic mass is 10.2. The fourth-order valence-electron chi connectivity index (χ4n) is 2.38. The molecule has 134 valence electrons. The van der Waals surface area contributed by atoms with E-state index >= 15 is 0 Å². The van der Waals surface area contributed by atoms with Gasteiger partial charge >= 0.3 is 0 Å². The molecule has 2 rings (SSSR count). The van der Waals surface area contributed by atoms with Gasteiger partial charge in [-0.15, -0.1) is 0 Å². The van der Waals surface area contributed by atoms with Gasteiger partial charge in [-0.2, -0.15) is 0 Å². The maximum atomic E-state index is 5.55. The number of nitrogens with one attached hydrogen (secondary N) is 1. The van der Waals surface area contributed by atoms with E-state index < -0.39 is 0 Å². The molecule has 0 saturated carbocycles. The number of nitrogens with zero attached hydrogens (tertiary/aromatic N) is 2. The minimum Gasteiger partial charge on any atom is -0.493 e. The van der Waals surface area contributed by atoms with E-state index in [4.69, 9.17) is 14.5 Å². The molecule has 1 N–H and O–H groups in total. The first-order valence-corrected chi connectivity index (χ1v) is 8.43. The summed E-state index contributed by atoms with van der Waals surface area (Å²) in [5.41, 5.74) is 2.29. The van der Waals surface area contributed by atoms with Crippen LogP contribution in [-0.2, 0) is 13.1 Å². The van der Waals surface area contributed by atoms with Crippen molar-refractivity contribution in [1.82, 2.24) is 10.2 Å². The topological polar surface area (TPSA) is 46.1 Å². The van der Waals surface area contributed by atoms with Crippen molar-refractivity contribution in [2.75, 3.05) is 27.8 Å². The Hall–Kier alpha value is -2.69. The second-order valence-corrected chi connectivity index (χ2v) is 5.79. The third-order valence-corrected chi connectivity index (χ3v) is 3.66. The van der Waals surface area contributed by atoms with Crippen LogP contribution in [0.2, 0.25) is 0 Å². The van der Waals surface area contributed by atoms with Gasteiger partial charge in [0.15, 0.2) is 17.5 Å². The van der Waals surface area contributed by atoms with Gasteiger partial charge in [0.1, 0.15) is 0 Å². The van der Waals surface area contributed by atoms with Gasteiger partial charge in [0.05, 0.1) is 20.3 Å². The van der Waals surface area contributed by atoms with Crippen LogP contribution in [0.5, 0.6) is 11.5 Å². The van der Waals surface area contributed by atoms with Gasteiger partial charge in [-0.25, -0.2) is 4.99 Å². The third-order valence-electron chi connectivity index (χ3n) is 3.66. The zero-order valence-electron chi connectivity index (χ0n) is 15.5. The molecule has 25 heavy (non-hydrogen) atoms. The van der Waals surface area contributed by atoms with Crippen molar-refractivity contribution in [3.05, 3.63) is 59.7 Å². The highest BCUT2D eigenvalue weighted by molar-refractivity contribution is 5.79. The summed E-state index contributed by atoms with van der Waals surface area (Å²) < 4.78 is 11.0. The monoisotopic (exact) mass is 341 g/mol. The van der Waals surface area contributed by atoms with Crippen molar-refractivity contribution in [2.45, 2.75) is 20.0 Å². The molecule has 0 aromatic heterocycles. The second-order valence-electron chi connectivity index (χ2n) is 5.79. The Morgan fingerprint density at radius 2 is 1.80 bits per heavy atom. The Labute approximate surface area is 150 Å². The summed E-state index contributed by atoms with van der Waals surface area (Å²) in [7, 11) is 5.61. The Morgan fingerprint density at radius 1 is 1.04 bits per heavy atom. The minimum atomic E-state index is 0.568. The van der Waals surface area contributed by atoms with Crippen LogP contribution in [0.4, 0.5) is 0 Å². The molecule has 0 heterocycles. The number of ether oxygens (including phenoxy) is 2. The molecule has 0 saturated heterocycles. The van der Waals surface area contributed by atoms with Gasteiger partial charge in [0, 0.05) is 20.6 Å². The number of hydrogen-bond acceptors (Lipinski definition) is 3. The van der Waals surface area contributed by atoms with Crippen LogP contribution in [-0.4, -0.2) is 38.7 Å². The van der Waals surface area contributed by atoms with E-state index in [-0.39, 0.29) is 0 Å². The Morgan fingerprint density at radius 3 is 2.44 bits per heavy atom. The van der Waals surface area contributed by atoms with E-state index in [1.807, 2.05) is 62.3 Å². The quantitative estimate of drug-likeness (QED) is 0.620. The molecule has 0 aliphatic rings. The van der Waals surface area contributed by atoms with Crippen LogP contribution in [0, 0.1) is 0 Å². The number of hydrogen-bond donors (Lipinski definition) is 1. The van der Waals surface area contributed by atoms with Crippen molar-refractivity contribution < 1.29 is 9.47 Å². The first kappa shape index (κ1) is 18.6. The molecule has 0 fully saturated rings. The average molecular weight is 341 g/mol. The summed E-state index contributed by atoms with van der Waals surface area (Å²) in [5, 5.41) is 3.39. The van der Waals surface area contributed by atoms with Crippen LogP contribution >= 0.6 is 0 Å². The normalized spacial score (nSPS) is 11.1. The van der Waals surface area contributed by atoms with E-state index in [1.54, 1.807) is 7.11 Å². The summed E-state index contributed by atoms with van der Waals surface area (Å²) in [6.07, 6.45) is 0. The van der Waals surface area contributed by atoms with Crippen LogP contribution in [0.1, 0.15) is 18.1 Å². The van der Waals surface area contributed by atoms with Gasteiger partial charge in [-0.3, -0.25) is 0 Å². The molecule has 0 aliphatic heterocycles. The maximum Gasteiger partial charge on any atom is 0.194 e. The molecule has 0 radical (unpaired) electrons. The third kappa shape index (κ3) is 5.71.